The van der Waals surface area contributed by atoms with Gasteiger partial charge in [0.1, 0.15) is 11.6 Å². The van der Waals surface area contributed by atoms with Crippen molar-refractivity contribution in [1.82, 2.24) is 35.0 Å². The van der Waals surface area contributed by atoms with Crippen LogP contribution in [0.4, 0.5) is 0 Å². The minimum atomic E-state index is -3.96. The molecule has 4 aromatic carbocycles. The summed E-state index contributed by atoms with van der Waals surface area (Å²) >= 11 is 8.05. The summed E-state index contributed by atoms with van der Waals surface area (Å²) in [7, 11) is -2.33. The average Bonchev–Trinajstić information content (AvgIpc) is 1.26. The van der Waals surface area contributed by atoms with Crippen molar-refractivity contribution in [3.8, 4) is 30.4 Å². The molecule has 5 amide bonds. The molecule has 492 valence electrons. The highest BCUT2D eigenvalue weighted by Gasteiger charge is 2.50. The van der Waals surface area contributed by atoms with Crippen molar-refractivity contribution in [2.24, 2.45) is 23.7 Å². The number of alkyl halides is 1. The van der Waals surface area contributed by atoms with Crippen molar-refractivity contribution in [2.45, 2.75) is 189 Å². The van der Waals surface area contributed by atoms with Crippen molar-refractivity contribution in [2.75, 3.05) is 13.0 Å². The van der Waals surface area contributed by atoms with Gasteiger partial charge in [0.15, 0.2) is 0 Å². The molecule has 0 bridgehead atoms. The molecule has 2 aromatic heterocycles. The zero-order valence-corrected chi connectivity index (χ0v) is 56.5. The third-order valence-electron chi connectivity index (χ3n) is 21.5. The van der Waals surface area contributed by atoms with Gasteiger partial charge in [0.25, 0.3) is 23.6 Å². The number of benzene rings is 4. The molecule has 6 aromatic rings. The number of H-pyrrole nitrogens is 1. The van der Waals surface area contributed by atoms with Gasteiger partial charge in [0, 0.05) is 64.1 Å². The highest BCUT2D eigenvalue weighted by molar-refractivity contribution is 7.89. The first-order chi connectivity index (χ1) is 45.6. The molecule has 0 spiro atoms. The minimum Gasteiger partial charge on any atom is -0.497 e. The molecule has 3 aliphatic carbocycles. The maximum absolute atomic E-state index is 14.4. The van der Waals surface area contributed by atoms with E-state index in [9.17, 15) is 32.4 Å². The van der Waals surface area contributed by atoms with E-state index in [2.05, 4.69) is 70.5 Å². The van der Waals surface area contributed by atoms with E-state index in [0.29, 0.717) is 43.2 Å². The number of nitrogens with zero attached hydrogens (tertiary/aromatic N) is 3. The van der Waals surface area contributed by atoms with Crippen molar-refractivity contribution in [3.63, 3.8) is 0 Å². The first kappa shape index (κ1) is 66.4. The molecular formula is C76H86ClN7O8S2. The molecule has 8 atom stereocenters. The molecule has 3 saturated carbocycles. The number of ether oxygens (including phenoxy) is 1. The van der Waals surface area contributed by atoms with Crippen molar-refractivity contribution < 1.29 is 37.1 Å². The van der Waals surface area contributed by atoms with E-state index in [4.69, 9.17) is 29.2 Å². The first-order valence-corrected chi connectivity index (χ1v) is 36.8. The average molecular weight is 1330 g/mol. The Morgan fingerprint density at radius 2 is 1.23 bits per heavy atom. The molecule has 18 heteroatoms. The molecule has 5 heterocycles. The molecule has 6 aliphatic rings. The Balaban J connectivity index is 0.707. The number of amides is 5. The minimum absolute atomic E-state index is 0.0167. The summed E-state index contributed by atoms with van der Waals surface area (Å²) in [6.07, 6.45) is 27.7. The van der Waals surface area contributed by atoms with Gasteiger partial charge in [-0.05, 0) is 224 Å². The lowest BCUT2D eigenvalue weighted by Crippen LogP contribution is -2.56. The fourth-order valence-corrected chi connectivity index (χ4v) is 18.9. The van der Waals surface area contributed by atoms with Gasteiger partial charge in [-0.25, -0.2) is 13.1 Å². The summed E-state index contributed by atoms with van der Waals surface area (Å²) in [6, 6.07) is 30.0. The number of fused-ring (bicyclic) bond motifs is 3. The lowest BCUT2D eigenvalue weighted by Gasteiger charge is -2.50. The molecule has 2 unspecified atom stereocenters. The second-order valence-corrected chi connectivity index (χ2v) is 29.9. The Morgan fingerprint density at radius 1 is 0.660 bits per heavy atom. The van der Waals surface area contributed by atoms with Gasteiger partial charge < -0.3 is 35.1 Å². The van der Waals surface area contributed by atoms with E-state index in [1.54, 1.807) is 47.6 Å². The maximum atomic E-state index is 14.4. The number of aromatic nitrogens is 1. The SMILES string of the molecule is C#CC(=O)N1[C@@H](CCCC)Cc2cc(OC)ccc2[C@@H]1c1ccc(S(=O)(=O)NC2CC(C(CCC)[C@H]3Cc4ccsc4[C@H](c4ccc(C(=O)NC5CC(C(CCC)[C@H]6Cc7cc[nH]c7[C@H](c7ccc(C(=O)NC8CCC8)cc7)N6C(=O)CCl)C5)cc4)N3C(=O)C#C)C2)cc1. The topological polar surface area (TPSA) is 190 Å². The van der Waals surface area contributed by atoms with Crippen LogP contribution in [0.5, 0.6) is 5.75 Å². The predicted molar refractivity (Wildman–Crippen MR) is 367 cm³/mol. The summed E-state index contributed by atoms with van der Waals surface area (Å²) < 4.78 is 37.1. The van der Waals surface area contributed by atoms with Gasteiger partial charge in [-0.2, -0.15) is 0 Å². The van der Waals surface area contributed by atoms with E-state index in [1.807, 2.05) is 82.7 Å². The number of aromatic amines is 1. The summed E-state index contributed by atoms with van der Waals surface area (Å²) in [4.78, 5) is 79.7. The Kier molecular flexibility index (Phi) is 20.3. The van der Waals surface area contributed by atoms with Gasteiger partial charge in [-0.1, -0.05) is 88.9 Å². The normalized spacial score (nSPS) is 24.5. The lowest BCUT2D eigenvalue weighted by molar-refractivity contribution is -0.136. The zero-order valence-electron chi connectivity index (χ0n) is 54.2. The number of terminal acetylenes is 2. The molecule has 0 radical (unpaired) electrons. The smallest absolute Gasteiger partial charge is 0.299 e. The van der Waals surface area contributed by atoms with Gasteiger partial charge in [-0.3, -0.25) is 24.0 Å². The highest BCUT2D eigenvalue weighted by atomic mass is 35.5. The van der Waals surface area contributed by atoms with Gasteiger partial charge in [-0.15, -0.1) is 35.8 Å². The van der Waals surface area contributed by atoms with Crippen LogP contribution >= 0.6 is 22.9 Å². The zero-order chi connectivity index (χ0) is 65.9. The molecular weight excluding hydrogens is 1240 g/mol. The summed E-state index contributed by atoms with van der Waals surface area (Å²) in [5, 5.41) is 8.52. The number of sulfonamides is 1. The predicted octanol–water partition coefficient (Wildman–Crippen LogP) is 12.4. The number of thiophene rings is 1. The molecule has 12 rings (SSSR count). The number of halogens is 1. The van der Waals surface area contributed by atoms with Gasteiger partial charge >= 0.3 is 0 Å². The van der Waals surface area contributed by atoms with Crippen LogP contribution in [0.25, 0.3) is 0 Å². The van der Waals surface area contributed by atoms with E-state index >= 15 is 0 Å². The van der Waals surface area contributed by atoms with E-state index < -0.39 is 40.0 Å². The maximum Gasteiger partial charge on any atom is 0.299 e. The lowest BCUT2D eigenvalue weighted by atomic mass is 9.66. The van der Waals surface area contributed by atoms with Crippen LogP contribution < -0.4 is 20.1 Å². The van der Waals surface area contributed by atoms with Crippen molar-refractivity contribution in [1.29, 1.82) is 0 Å². The van der Waals surface area contributed by atoms with Crippen LogP contribution in [0.15, 0.2) is 120 Å². The largest absolute Gasteiger partial charge is 0.497 e. The quantitative estimate of drug-likeness (QED) is 0.0360. The molecule has 94 heavy (non-hydrogen) atoms. The van der Waals surface area contributed by atoms with Crippen LogP contribution in [-0.4, -0.2) is 107 Å². The number of methoxy groups -OCH3 is 1. The fourth-order valence-electron chi connectivity index (χ4n) is 16.5. The van der Waals surface area contributed by atoms with Gasteiger partial charge in [0.05, 0.1) is 30.1 Å². The van der Waals surface area contributed by atoms with E-state index in [0.717, 1.165) is 132 Å². The molecule has 0 saturated heterocycles. The number of carbonyl (C=O) groups excluding carboxylic acids is 5. The molecule has 15 nitrogen and oxygen atoms in total. The number of carbonyl (C=O) groups is 5. The van der Waals surface area contributed by atoms with Gasteiger partial charge in [0.2, 0.25) is 15.9 Å². The van der Waals surface area contributed by atoms with Crippen molar-refractivity contribution >= 4 is 62.5 Å². The van der Waals surface area contributed by atoms with E-state index in [1.165, 1.54) is 0 Å². The molecule has 3 aliphatic heterocycles. The molecule has 4 N–H and O–H groups in total. The Bertz CT molecular complexity index is 3950. The third kappa shape index (κ3) is 13.2. The summed E-state index contributed by atoms with van der Waals surface area (Å²) in [6.45, 7) is 6.43. The fraction of sp³-hybridized carbons (Fsp3) is 0.461. The van der Waals surface area contributed by atoms with E-state index in [-0.39, 0.29) is 88.4 Å². The summed E-state index contributed by atoms with van der Waals surface area (Å²) in [5.74, 6) is 4.70. The molecule has 3 fully saturated rings. The third-order valence-corrected chi connectivity index (χ3v) is 24.2. The van der Waals surface area contributed by atoms with Crippen molar-refractivity contribution in [3.05, 3.63) is 175 Å². The highest BCUT2D eigenvalue weighted by Crippen LogP contribution is 2.50. The number of rotatable bonds is 23. The Labute approximate surface area is 563 Å². The van der Waals surface area contributed by atoms with Crippen LogP contribution in [0.3, 0.4) is 0 Å². The first-order valence-electron chi connectivity index (χ1n) is 33.9. The summed E-state index contributed by atoms with van der Waals surface area (Å²) in [5.41, 5.74) is 8.87. The Hall–Kier alpha value is -7.67. The second-order valence-electron chi connectivity index (χ2n) is 27.0. The van der Waals surface area contributed by atoms with Crippen LogP contribution in [0.1, 0.15) is 199 Å². The number of nitrogens with one attached hydrogen (secondary N) is 4. The van der Waals surface area contributed by atoms with Crippen LogP contribution in [0.2, 0.25) is 0 Å². The number of hydrogen-bond acceptors (Lipinski definition) is 9. The monoisotopic (exact) mass is 1320 g/mol. The van der Waals surface area contributed by atoms with Crippen LogP contribution in [0, 0.1) is 48.4 Å². The number of hydrogen-bond donors (Lipinski definition) is 4. The standard InChI is InChI=1S/C76H86ClN7O8S2/c1-7-12-18-59-41-55-42-60(92-6)29-32-64(55)71(82(59)67(85)10-4)46-27-30-61(31-28-46)94(90,91)81-58-39-54(40-58)63(15-9-3)66-44-52-34-36-93-74(52)73(83(66)68(86)11-5)48-21-25-50(26-22-48)76(89)80-57-37-53(38-57)62(14-8-2)65-43-51-33-35-78-70(51)72(84(65)69(87)45-77)47-19-23-49(24-20-47)75(88)79-56-16-13-17-56/h4-5,19-36,42,53-54,56-59,62-63,65-66,71-73,78,81H,7-9,12-18,37-41,43-45H2,1-3,6H3,(H,79,88)(H,80,89)/t53?,54?,57?,58?,59-,62?,63?,65+,66+,71-,72-,73-/m0/s1. The second kappa shape index (κ2) is 28.7. The Morgan fingerprint density at radius 3 is 1.82 bits per heavy atom. The number of unbranched alkanes of at least 4 members (excludes halogenated alkanes) is 1. The van der Waals surface area contributed by atoms with Crippen LogP contribution in [-0.2, 0) is 43.7 Å².